The average molecular weight is 556 g/mol. The van der Waals surface area contributed by atoms with Crippen molar-refractivity contribution in [1.29, 1.82) is 0 Å². The van der Waals surface area contributed by atoms with Crippen molar-refractivity contribution in [2.24, 2.45) is 0 Å². The number of hydrogen-bond donors (Lipinski definition) is 2. The molecule has 14 heteroatoms. The molecule has 5 rings (SSSR count). The molecule has 196 valence electrons. The second kappa shape index (κ2) is 9.96. The van der Waals surface area contributed by atoms with Gasteiger partial charge in [0.1, 0.15) is 5.70 Å². The fourth-order valence-corrected chi connectivity index (χ4v) is 6.44. The molecule has 1 fully saturated rings. The largest absolute Gasteiger partial charge is 0.378 e. The van der Waals surface area contributed by atoms with E-state index in [1.54, 1.807) is 17.0 Å². The lowest BCUT2D eigenvalue weighted by Gasteiger charge is -2.33. The average Bonchev–Trinajstić information content (AvgIpc) is 2.91. The van der Waals surface area contributed by atoms with Crippen molar-refractivity contribution in [1.82, 2.24) is 14.9 Å². The zero-order chi connectivity index (χ0) is 26.9. The number of nitrogens with one attached hydrogen (secondary N) is 2. The molecule has 0 atom stereocenters. The first-order valence-electron chi connectivity index (χ1n) is 11.4. The van der Waals surface area contributed by atoms with Crippen molar-refractivity contribution in [2.75, 3.05) is 35.7 Å². The Labute approximate surface area is 218 Å². The summed E-state index contributed by atoms with van der Waals surface area (Å²) in [7, 11) is -8.61. The maximum Gasteiger partial charge on any atom is 0.268 e. The molecule has 0 radical (unpaired) electrons. The Bertz CT molecular complexity index is 1650. The minimum Gasteiger partial charge on any atom is -0.378 e. The van der Waals surface area contributed by atoms with Gasteiger partial charge in [-0.25, -0.2) is 31.5 Å². The summed E-state index contributed by atoms with van der Waals surface area (Å²) in [5, 5.41) is 0. The molecule has 2 heterocycles. The van der Waals surface area contributed by atoms with Gasteiger partial charge in [-0.3, -0.25) is 14.3 Å². The lowest BCUT2D eigenvalue weighted by atomic mass is 9.91. The van der Waals surface area contributed by atoms with Crippen LogP contribution in [0.1, 0.15) is 20.7 Å². The Morgan fingerprint density at radius 3 is 1.97 bits per heavy atom. The topological polar surface area (TPSA) is 165 Å². The maximum atomic E-state index is 13.5. The van der Waals surface area contributed by atoms with Crippen molar-refractivity contribution in [2.45, 2.75) is 4.90 Å². The number of fused-ring (bicyclic) bond motifs is 1. The zero-order valence-electron chi connectivity index (χ0n) is 19.7. The fraction of sp³-hybridized carbons (Fsp3) is 0.167. The first-order valence-corrected chi connectivity index (χ1v) is 14.3. The molecule has 0 amide bonds. The summed E-state index contributed by atoms with van der Waals surface area (Å²) in [6.07, 6.45) is 2.75. The van der Waals surface area contributed by atoms with Crippen LogP contribution in [-0.2, 0) is 24.8 Å². The molecule has 38 heavy (non-hydrogen) atoms. The molecule has 0 bridgehead atoms. The van der Waals surface area contributed by atoms with E-state index in [0.717, 1.165) is 0 Å². The molecule has 3 aromatic rings. The van der Waals surface area contributed by atoms with Crippen LogP contribution < -0.4 is 9.44 Å². The maximum absolute atomic E-state index is 13.5. The third-order valence-corrected chi connectivity index (χ3v) is 8.62. The summed E-state index contributed by atoms with van der Waals surface area (Å²) in [6.45, 7) is 1.01. The molecule has 0 spiro atoms. The number of morpholine rings is 1. The number of rotatable bonds is 7. The van der Waals surface area contributed by atoms with Crippen LogP contribution in [0.4, 0.5) is 11.6 Å². The number of ether oxygens (including phenoxy) is 1. The van der Waals surface area contributed by atoms with E-state index in [4.69, 9.17) is 4.74 Å². The van der Waals surface area contributed by atoms with E-state index in [2.05, 4.69) is 19.4 Å². The standard InChI is InChI=1S/C24H21N5O7S2/c30-21-18-4-1-2-5-19(18)22(31)23(20(21)29-12-14-36-15-13-29)38(34,35)27-16-6-8-17(9-7-16)37(32,33)28-24-25-10-3-11-26-24/h1-11,27H,12-15H2,(H,25,26,28). The first-order chi connectivity index (χ1) is 18.2. The smallest absolute Gasteiger partial charge is 0.268 e. The quantitative estimate of drug-likeness (QED) is 0.438. The predicted molar refractivity (Wildman–Crippen MR) is 136 cm³/mol. The van der Waals surface area contributed by atoms with Gasteiger partial charge in [-0.2, -0.15) is 0 Å². The number of aromatic nitrogens is 2. The van der Waals surface area contributed by atoms with Crippen molar-refractivity contribution in [3.05, 3.63) is 88.7 Å². The third kappa shape index (κ3) is 4.88. The second-order valence-electron chi connectivity index (χ2n) is 8.29. The summed E-state index contributed by atoms with van der Waals surface area (Å²) < 4.78 is 62.2. The Balaban J connectivity index is 1.48. The number of nitrogens with zero attached hydrogens (tertiary/aromatic N) is 3. The van der Waals surface area contributed by atoms with Gasteiger partial charge in [0.2, 0.25) is 17.5 Å². The van der Waals surface area contributed by atoms with Crippen molar-refractivity contribution >= 4 is 43.2 Å². The molecule has 1 aliphatic heterocycles. The molecule has 2 N–H and O–H groups in total. The lowest BCUT2D eigenvalue weighted by molar-refractivity contribution is 0.0499. The number of ketones is 2. The Morgan fingerprint density at radius 1 is 0.737 bits per heavy atom. The molecule has 2 aromatic carbocycles. The van der Waals surface area contributed by atoms with Gasteiger partial charge in [-0.15, -0.1) is 0 Å². The van der Waals surface area contributed by atoms with Crippen LogP contribution in [0.15, 0.2) is 82.5 Å². The third-order valence-electron chi connectivity index (χ3n) is 5.86. The van der Waals surface area contributed by atoms with Crippen molar-refractivity contribution in [3.8, 4) is 0 Å². The van der Waals surface area contributed by atoms with E-state index in [9.17, 15) is 26.4 Å². The Kier molecular flexibility index (Phi) is 6.69. The van der Waals surface area contributed by atoms with E-state index >= 15 is 0 Å². The van der Waals surface area contributed by atoms with E-state index in [-0.39, 0.29) is 59.7 Å². The van der Waals surface area contributed by atoms with Crippen LogP contribution >= 0.6 is 0 Å². The van der Waals surface area contributed by atoms with Crippen LogP contribution in [0, 0.1) is 0 Å². The minimum absolute atomic E-state index is 0.00662. The molecule has 1 aliphatic carbocycles. The highest BCUT2D eigenvalue weighted by Gasteiger charge is 2.41. The number of benzene rings is 2. The molecule has 12 nitrogen and oxygen atoms in total. The van der Waals surface area contributed by atoms with Gasteiger partial charge in [-0.1, -0.05) is 24.3 Å². The van der Waals surface area contributed by atoms with Gasteiger partial charge >= 0.3 is 0 Å². The monoisotopic (exact) mass is 555 g/mol. The highest BCUT2D eigenvalue weighted by atomic mass is 32.2. The van der Waals surface area contributed by atoms with Crippen molar-refractivity contribution in [3.63, 3.8) is 0 Å². The number of carbonyl (C=O) groups excluding carboxylic acids is 2. The Morgan fingerprint density at radius 2 is 1.34 bits per heavy atom. The van der Waals surface area contributed by atoms with E-state index in [1.807, 2.05) is 0 Å². The highest BCUT2D eigenvalue weighted by Crippen LogP contribution is 2.33. The summed E-state index contributed by atoms with van der Waals surface area (Å²) in [4.78, 5) is 35.2. The summed E-state index contributed by atoms with van der Waals surface area (Å²) in [6, 6.07) is 12.4. The minimum atomic E-state index is -4.56. The van der Waals surface area contributed by atoms with Gasteiger partial charge in [0.05, 0.1) is 18.1 Å². The Hall–Kier alpha value is -4.14. The zero-order valence-corrected chi connectivity index (χ0v) is 21.3. The molecular formula is C24H21N5O7S2. The number of anilines is 2. The van der Waals surface area contributed by atoms with Gasteiger partial charge in [0.15, 0.2) is 4.91 Å². The molecule has 0 unspecified atom stereocenters. The number of carbonyl (C=O) groups is 2. The molecule has 1 aromatic heterocycles. The lowest BCUT2D eigenvalue weighted by Crippen LogP contribution is -2.43. The van der Waals surface area contributed by atoms with Crippen LogP contribution in [0.25, 0.3) is 0 Å². The fourth-order valence-electron chi connectivity index (χ4n) is 4.10. The van der Waals surface area contributed by atoms with Crippen LogP contribution in [-0.4, -0.2) is 69.6 Å². The van der Waals surface area contributed by atoms with E-state index < -0.39 is 36.5 Å². The summed E-state index contributed by atoms with van der Waals surface area (Å²) in [5.74, 6) is -1.50. The van der Waals surface area contributed by atoms with Gasteiger partial charge in [0, 0.05) is 42.3 Å². The predicted octanol–water partition coefficient (Wildman–Crippen LogP) is 1.64. The van der Waals surface area contributed by atoms with Crippen molar-refractivity contribution < 1.29 is 31.2 Å². The molecule has 2 aliphatic rings. The van der Waals surface area contributed by atoms with Crippen LogP contribution in [0.5, 0.6) is 0 Å². The number of hydrogen-bond acceptors (Lipinski definition) is 10. The van der Waals surface area contributed by atoms with Gasteiger partial charge in [-0.05, 0) is 30.3 Å². The van der Waals surface area contributed by atoms with E-state index in [0.29, 0.717) is 0 Å². The second-order valence-corrected chi connectivity index (χ2v) is 11.6. The number of Topliss-reactive ketones (excluding diaryl/α,β-unsaturated/α-hetero) is 2. The van der Waals surface area contributed by atoms with E-state index in [1.165, 1.54) is 54.9 Å². The SMILES string of the molecule is O=C1C(N2CCOCC2)=C(S(=O)(=O)Nc2ccc(S(=O)(=O)Nc3ncccn3)cc2)C(=O)c2ccccc21. The summed E-state index contributed by atoms with van der Waals surface area (Å²) >= 11 is 0. The highest BCUT2D eigenvalue weighted by molar-refractivity contribution is 7.97. The summed E-state index contributed by atoms with van der Waals surface area (Å²) in [5.41, 5.74) is -0.100. The first kappa shape index (κ1) is 25.5. The van der Waals surface area contributed by atoms with Crippen LogP contribution in [0.2, 0.25) is 0 Å². The number of sulfonamides is 2. The van der Waals surface area contributed by atoms with Gasteiger partial charge in [0.25, 0.3) is 20.0 Å². The van der Waals surface area contributed by atoms with Crippen LogP contribution in [0.3, 0.4) is 0 Å². The number of allylic oxidation sites excluding steroid dienone is 2. The molecular weight excluding hydrogens is 534 g/mol. The molecule has 0 saturated carbocycles. The van der Waals surface area contributed by atoms with Gasteiger partial charge < -0.3 is 9.64 Å². The normalized spacial score (nSPS) is 16.3. The molecule has 1 saturated heterocycles.